The zero-order valence-corrected chi connectivity index (χ0v) is 17.2. The summed E-state index contributed by atoms with van der Waals surface area (Å²) in [7, 11) is 0. The van der Waals surface area contributed by atoms with Gasteiger partial charge in [0.2, 0.25) is 0 Å². The fraction of sp³-hybridized carbons (Fsp3) is 0.160. The van der Waals surface area contributed by atoms with E-state index in [9.17, 15) is 4.79 Å². The van der Waals surface area contributed by atoms with Gasteiger partial charge in [-0.3, -0.25) is 4.79 Å². The molecule has 0 aliphatic heterocycles. The predicted octanol–water partition coefficient (Wildman–Crippen LogP) is 7.72. The Balaban J connectivity index is 1.80. The van der Waals surface area contributed by atoms with Gasteiger partial charge in [0, 0.05) is 30.6 Å². The summed E-state index contributed by atoms with van der Waals surface area (Å²) in [4.78, 5) is 13.3. The highest BCUT2D eigenvalue weighted by molar-refractivity contribution is 7.24. The van der Waals surface area contributed by atoms with E-state index in [4.69, 9.17) is 11.6 Å². The van der Waals surface area contributed by atoms with Crippen LogP contribution in [0.4, 0.5) is 0 Å². The molecule has 0 radical (unpaired) electrons. The standard InChI is InChI=1S/C25H19ClOS/c1-2-3-5-15-8-9-23-20(10-15)25(27)21-13-18-12-19-16(6-4-7-22(19)26)11-17(18)14-24(21)28-23/h4,6-14H,2-3,5H2,1H3. The summed E-state index contributed by atoms with van der Waals surface area (Å²) < 4.78 is 2.09. The molecule has 1 heterocycles. The van der Waals surface area contributed by atoms with Crippen LogP contribution in [0, 0.1) is 0 Å². The summed E-state index contributed by atoms with van der Waals surface area (Å²) in [5, 5.41) is 6.70. The number of fused-ring (bicyclic) bond motifs is 4. The minimum absolute atomic E-state index is 0.128. The van der Waals surface area contributed by atoms with E-state index in [1.807, 2.05) is 18.2 Å². The molecule has 0 N–H and O–H groups in total. The van der Waals surface area contributed by atoms with Gasteiger partial charge in [0.05, 0.1) is 0 Å². The molecule has 28 heavy (non-hydrogen) atoms. The normalized spacial score (nSPS) is 11.8. The lowest BCUT2D eigenvalue weighted by molar-refractivity contribution is 0.796. The largest absolute Gasteiger partial charge is 0.289 e. The van der Waals surface area contributed by atoms with Gasteiger partial charge in [0.15, 0.2) is 5.43 Å². The molecule has 5 rings (SSSR count). The first-order chi connectivity index (χ1) is 13.6. The molecule has 4 aromatic carbocycles. The van der Waals surface area contributed by atoms with E-state index in [0.29, 0.717) is 0 Å². The van der Waals surface area contributed by atoms with Crippen molar-refractivity contribution < 1.29 is 0 Å². The van der Waals surface area contributed by atoms with Gasteiger partial charge in [-0.15, -0.1) is 11.3 Å². The lowest BCUT2D eigenvalue weighted by atomic mass is 10.0. The van der Waals surface area contributed by atoms with E-state index < -0.39 is 0 Å². The Morgan fingerprint density at radius 1 is 0.821 bits per heavy atom. The first-order valence-electron chi connectivity index (χ1n) is 9.65. The van der Waals surface area contributed by atoms with E-state index in [1.54, 1.807) is 11.3 Å². The van der Waals surface area contributed by atoms with Crippen LogP contribution in [0.1, 0.15) is 25.3 Å². The van der Waals surface area contributed by atoms with Gasteiger partial charge in [0.25, 0.3) is 0 Å². The smallest absolute Gasteiger partial charge is 0.195 e. The molecule has 0 bridgehead atoms. The first-order valence-corrected chi connectivity index (χ1v) is 10.8. The molecule has 5 aromatic rings. The second-order valence-electron chi connectivity index (χ2n) is 7.37. The van der Waals surface area contributed by atoms with Crippen LogP contribution >= 0.6 is 22.9 Å². The average molecular weight is 403 g/mol. The van der Waals surface area contributed by atoms with Crippen molar-refractivity contribution in [2.75, 3.05) is 0 Å². The van der Waals surface area contributed by atoms with Crippen LogP contribution in [-0.4, -0.2) is 0 Å². The van der Waals surface area contributed by atoms with Crippen LogP contribution in [0.25, 0.3) is 41.7 Å². The Bertz CT molecular complexity index is 1430. The first kappa shape index (κ1) is 17.7. The van der Waals surface area contributed by atoms with Crippen molar-refractivity contribution in [2.24, 2.45) is 0 Å². The van der Waals surface area contributed by atoms with Crippen molar-refractivity contribution >= 4 is 64.7 Å². The summed E-state index contributed by atoms with van der Waals surface area (Å²) in [6, 6.07) is 20.7. The Kier molecular flexibility index (Phi) is 4.34. The van der Waals surface area contributed by atoms with E-state index in [0.717, 1.165) is 66.0 Å². The molecule has 0 saturated carbocycles. The second-order valence-corrected chi connectivity index (χ2v) is 8.86. The summed E-state index contributed by atoms with van der Waals surface area (Å²) in [6.45, 7) is 2.19. The van der Waals surface area contributed by atoms with Gasteiger partial charge in [-0.05, 0) is 77.0 Å². The van der Waals surface area contributed by atoms with Crippen molar-refractivity contribution in [3.05, 3.63) is 81.5 Å². The lowest BCUT2D eigenvalue weighted by Gasteiger charge is -2.08. The molecule has 0 fully saturated rings. The monoisotopic (exact) mass is 402 g/mol. The van der Waals surface area contributed by atoms with Crippen molar-refractivity contribution in [3.63, 3.8) is 0 Å². The number of unbranched alkanes of at least 4 members (excludes halogenated alkanes) is 1. The highest BCUT2D eigenvalue weighted by Gasteiger charge is 2.10. The van der Waals surface area contributed by atoms with Gasteiger partial charge >= 0.3 is 0 Å². The molecule has 1 aromatic heterocycles. The molecule has 0 atom stereocenters. The number of aryl methyl sites for hydroxylation is 1. The maximum atomic E-state index is 13.3. The Hall–Kier alpha value is -2.42. The minimum Gasteiger partial charge on any atom is -0.289 e. The SMILES string of the molecule is CCCCc1ccc2sc3cc4cc5cccc(Cl)c5cc4cc3c(=O)c2c1. The third-order valence-corrected chi connectivity index (χ3v) is 6.92. The van der Waals surface area contributed by atoms with Crippen LogP contribution in [0.15, 0.2) is 65.5 Å². The number of rotatable bonds is 3. The molecule has 138 valence electrons. The van der Waals surface area contributed by atoms with E-state index in [1.165, 1.54) is 5.56 Å². The maximum absolute atomic E-state index is 13.3. The van der Waals surface area contributed by atoms with Gasteiger partial charge in [-0.2, -0.15) is 0 Å². The summed E-state index contributed by atoms with van der Waals surface area (Å²) in [6.07, 6.45) is 3.33. The van der Waals surface area contributed by atoms with E-state index in [-0.39, 0.29) is 5.43 Å². The quantitative estimate of drug-likeness (QED) is 0.282. The highest BCUT2D eigenvalue weighted by atomic mass is 35.5. The third-order valence-electron chi connectivity index (χ3n) is 5.45. The fourth-order valence-corrected chi connectivity index (χ4v) is 5.24. The molecule has 3 heteroatoms. The van der Waals surface area contributed by atoms with E-state index in [2.05, 4.69) is 49.4 Å². The predicted molar refractivity (Wildman–Crippen MR) is 124 cm³/mol. The Morgan fingerprint density at radius 3 is 2.46 bits per heavy atom. The van der Waals surface area contributed by atoms with Crippen LogP contribution in [-0.2, 0) is 6.42 Å². The second kappa shape index (κ2) is 6.88. The van der Waals surface area contributed by atoms with Crippen LogP contribution in [0.5, 0.6) is 0 Å². The van der Waals surface area contributed by atoms with Crippen molar-refractivity contribution in [1.82, 2.24) is 0 Å². The molecule has 0 saturated heterocycles. The van der Waals surface area contributed by atoms with Gasteiger partial charge in [0.1, 0.15) is 0 Å². The number of hydrogen-bond donors (Lipinski definition) is 0. The van der Waals surface area contributed by atoms with Gasteiger partial charge in [-0.25, -0.2) is 0 Å². The van der Waals surface area contributed by atoms with Crippen molar-refractivity contribution in [1.29, 1.82) is 0 Å². The van der Waals surface area contributed by atoms with Crippen molar-refractivity contribution in [2.45, 2.75) is 26.2 Å². The Labute approximate surface area is 172 Å². The molecule has 0 aliphatic carbocycles. The summed E-state index contributed by atoms with van der Waals surface area (Å²) in [5.41, 5.74) is 1.37. The van der Waals surface area contributed by atoms with Gasteiger partial charge in [-0.1, -0.05) is 43.1 Å². The molecular formula is C25H19ClOS. The Morgan fingerprint density at radius 2 is 1.61 bits per heavy atom. The fourth-order valence-electron chi connectivity index (χ4n) is 3.92. The highest BCUT2D eigenvalue weighted by Crippen LogP contribution is 2.33. The number of benzene rings is 4. The van der Waals surface area contributed by atoms with E-state index >= 15 is 0 Å². The number of hydrogen-bond acceptors (Lipinski definition) is 2. The van der Waals surface area contributed by atoms with Gasteiger partial charge < -0.3 is 0 Å². The topological polar surface area (TPSA) is 17.1 Å². The van der Waals surface area contributed by atoms with Crippen LogP contribution in [0.2, 0.25) is 5.02 Å². The molecule has 0 aliphatic rings. The average Bonchev–Trinajstić information content (AvgIpc) is 2.71. The molecule has 0 unspecified atom stereocenters. The summed E-state index contributed by atoms with van der Waals surface area (Å²) >= 11 is 8.08. The lowest BCUT2D eigenvalue weighted by Crippen LogP contribution is -2.02. The third kappa shape index (κ3) is 2.88. The zero-order valence-electron chi connectivity index (χ0n) is 15.6. The van der Waals surface area contributed by atoms with Crippen molar-refractivity contribution in [3.8, 4) is 0 Å². The molecule has 1 nitrogen and oxygen atoms in total. The van der Waals surface area contributed by atoms with Crippen LogP contribution < -0.4 is 5.43 Å². The summed E-state index contributed by atoms with van der Waals surface area (Å²) in [5.74, 6) is 0. The minimum atomic E-state index is 0.128. The molecule has 0 spiro atoms. The maximum Gasteiger partial charge on any atom is 0.195 e. The number of halogens is 1. The van der Waals surface area contributed by atoms with Crippen LogP contribution in [0.3, 0.4) is 0 Å². The molecule has 0 amide bonds. The zero-order chi connectivity index (χ0) is 19.3. The molecular weight excluding hydrogens is 384 g/mol.